The molecule has 0 rings (SSSR count). The lowest BCUT2D eigenvalue weighted by Gasteiger charge is -2.21. The summed E-state index contributed by atoms with van der Waals surface area (Å²) in [4.78, 5) is 48.6. The molecule has 3 atom stereocenters. The van der Waals surface area contributed by atoms with Crippen molar-refractivity contribution in [2.45, 2.75) is 277 Å². The van der Waals surface area contributed by atoms with Crippen LogP contribution in [0.25, 0.3) is 0 Å². The van der Waals surface area contributed by atoms with Crippen molar-refractivity contribution in [1.82, 2.24) is 0 Å². The zero-order chi connectivity index (χ0) is 55.5. The summed E-state index contributed by atoms with van der Waals surface area (Å²) in [5, 5.41) is 9.83. The largest absolute Gasteiger partial charge is 0.472 e. The number of phosphoric acid groups is 1. The summed E-state index contributed by atoms with van der Waals surface area (Å²) in [6.07, 6.45) is 66.7. The molecular weight excluding hydrogens is 976 g/mol. The van der Waals surface area contributed by atoms with E-state index < -0.39 is 57.8 Å². The van der Waals surface area contributed by atoms with E-state index in [2.05, 4.69) is 106 Å². The number of unbranched alkanes of at least 4 members (excludes halogenated alkanes) is 25. The Morgan fingerprint density at radius 3 is 1.05 bits per heavy atom. The molecule has 0 spiro atoms. The van der Waals surface area contributed by atoms with Crippen LogP contribution in [0.1, 0.15) is 265 Å². The Labute approximate surface area is 464 Å². The standard InChI is InChI=1S/C64H111O11P/c1-4-7-10-13-16-19-22-25-28-29-30-31-34-37-40-43-46-49-52-55-64(68)75-61(57-71-62(66)53-50-47-44-41-38-35-32-26-23-20-17-14-11-8-5-2)59-73-76(69,70)72-58-60(56-65)74-63(67)54-51-48-45-42-39-36-33-27-24-21-18-15-12-9-6-3/h7-8,10-11,16-17,19-20,25-26,28,30-32,60-61,65H,4-6,9,12-15,18,21-24,27,29,33-59H2,1-3H3,(H,69,70)/b10-7-,11-8-,19-16-,20-17-,28-25-,31-30-,32-26-. The molecule has 76 heavy (non-hydrogen) atoms. The first-order chi connectivity index (χ1) is 37.2. The van der Waals surface area contributed by atoms with E-state index >= 15 is 0 Å². The average molecular weight is 1090 g/mol. The number of ether oxygens (including phenoxy) is 3. The van der Waals surface area contributed by atoms with Crippen LogP contribution in [0.4, 0.5) is 0 Å². The zero-order valence-electron chi connectivity index (χ0n) is 48.5. The highest BCUT2D eigenvalue weighted by Gasteiger charge is 2.28. The number of phosphoric ester groups is 1. The summed E-state index contributed by atoms with van der Waals surface area (Å²) >= 11 is 0. The van der Waals surface area contributed by atoms with Crippen molar-refractivity contribution in [3.63, 3.8) is 0 Å². The first-order valence-corrected chi connectivity index (χ1v) is 32.0. The monoisotopic (exact) mass is 1090 g/mol. The van der Waals surface area contributed by atoms with E-state index in [1.807, 2.05) is 0 Å². The van der Waals surface area contributed by atoms with E-state index in [1.54, 1.807) is 0 Å². The molecule has 0 aliphatic carbocycles. The maximum atomic E-state index is 12.9. The molecule has 0 aromatic heterocycles. The van der Waals surface area contributed by atoms with Gasteiger partial charge >= 0.3 is 25.7 Å². The van der Waals surface area contributed by atoms with E-state index in [0.29, 0.717) is 19.3 Å². The van der Waals surface area contributed by atoms with Crippen molar-refractivity contribution < 1.29 is 52.2 Å². The molecule has 0 aliphatic rings. The van der Waals surface area contributed by atoms with Crippen LogP contribution < -0.4 is 0 Å². The highest BCUT2D eigenvalue weighted by Crippen LogP contribution is 2.43. The summed E-state index contributed by atoms with van der Waals surface area (Å²) in [5.41, 5.74) is 0. The van der Waals surface area contributed by atoms with E-state index in [9.17, 15) is 28.9 Å². The third kappa shape index (κ3) is 55.4. The van der Waals surface area contributed by atoms with Crippen LogP contribution in [0.5, 0.6) is 0 Å². The molecule has 2 N–H and O–H groups in total. The van der Waals surface area contributed by atoms with Gasteiger partial charge in [-0.05, 0) is 89.9 Å². The minimum Gasteiger partial charge on any atom is -0.462 e. The van der Waals surface area contributed by atoms with Crippen LogP contribution in [0, 0.1) is 0 Å². The van der Waals surface area contributed by atoms with Crippen molar-refractivity contribution in [3.05, 3.63) is 85.1 Å². The molecule has 0 amide bonds. The molecular formula is C64H111O11P. The quantitative estimate of drug-likeness (QED) is 0.0197. The third-order valence-corrected chi connectivity index (χ3v) is 13.8. The fourth-order valence-corrected chi connectivity index (χ4v) is 9.03. The van der Waals surface area contributed by atoms with Crippen LogP contribution >= 0.6 is 7.82 Å². The van der Waals surface area contributed by atoms with Crippen molar-refractivity contribution in [1.29, 1.82) is 0 Å². The number of rotatable bonds is 56. The van der Waals surface area contributed by atoms with Gasteiger partial charge in [-0.3, -0.25) is 23.4 Å². The highest BCUT2D eigenvalue weighted by atomic mass is 31.2. The minimum absolute atomic E-state index is 0.145. The maximum absolute atomic E-state index is 12.9. The molecule has 438 valence electrons. The molecule has 0 aromatic rings. The highest BCUT2D eigenvalue weighted by molar-refractivity contribution is 7.47. The Hall–Kier alpha value is -3.34. The minimum atomic E-state index is -4.76. The van der Waals surface area contributed by atoms with Gasteiger partial charge < -0.3 is 24.2 Å². The Morgan fingerprint density at radius 2 is 0.684 bits per heavy atom. The van der Waals surface area contributed by atoms with Crippen molar-refractivity contribution >= 4 is 25.7 Å². The second kappa shape index (κ2) is 57.8. The Bertz CT molecular complexity index is 1600. The van der Waals surface area contributed by atoms with Gasteiger partial charge in [0.2, 0.25) is 0 Å². The molecule has 0 saturated heterocycles. The lowest BCUT2D eigenvalue weighted by molar-refractivity contribution is -0.161. The van der Waals surface area contributed by atoms with Gasteiger partial charge in [0, 0.05) is 19.3 Å². The average Bonchev–Trinajstić information content (AvgIpc) is 3.41. The van der Waals surface area contributed by atoms with E-state index in [0.717, 1.165) is 135 Å². The molecule has 0 fully saturated rings. The van der Waals surface area contributed by atoms with Crippen LogP contribution in [-0.2, 0) is 42.2 Å². The van der Waals surface area contributed by atoms with Gasteiger partial charge in [-0.25, -0.2) is 4.57 Å². The molecule has 3 unspecified atom stereocenters. The lowest BCUT2D eigenvalue weighted by atomic mass is 10.0. The molecule has 0 bridgehead atoms. The summed E-state index contributed by atoms with van der Waals surface area (Å²) in [6.45, 7) is 4.41. The summed E-state index contributed by atoms with van der Waals surface area (Å²) < 4.78 is 39.6. The first kappa shape index (κ1) is 72.7. The Balaban J connectivity index is 4.75. The van der Waals surface area contributed by atoms with Crippen LogP contribution in [0.3, 0.4) is 0 Å². The van der Waals surface area contributed by atoms with E-state index in [1.165, 1.54) is 70.6 Å². The molecule has 0 radical (unpaired) electrons. The number of allylic oxidation sites excluding steroid dienone is 14. The number of aliphatic hydroxyl groups is 1. The maximum Gasteiger partial charge on any atom is 0.472 e. The van der Waals surface area contributed by atoms with Crippen LogP contribution in [0.2, 0.25) is 0 Å². The molecule has 11 nitrogen and oxygen atoms in total. The molecule has 0 aliphatic heterocycles. The third-order valence-electron chi connectivity index (χ3n) is 12.8. The topological polar surface area (TPSA) is 155 Å². The number of esters is 3. The molecule has 0 saturated carbocycles. The SMILES string of the molecule is CC/C=C\C/C=C\C/C=C\C/C=C\CCCCCCCCC(=O)OC(COC(=O)CCCCCCC/C=C\C/C=C\C/C=C\CC)COP(=O)(O)OCC(CO)OC(=O)CCCCCCCCCCCCCCCCC. The summed E-state index contributed by atoms with van der Waals surface area (Å²) in [5.74, 6) is -1.49. The number of aliphatic hydroxyl groups excluding tert-OH is 1. The van der Waals surface area contributed by atoms with Crippen molar-refractivity contribution in [3.8, 4) is 0 Å². The normalized spacial score (nSPS) is 13.9. The number of hydrogen-bond acceptors (Lipinski definition) is 10. The Kier molecular flexibility index (Phi) is 55.3. The number of hydrogen-bond donors (Lipinski definition) is 2. The van der Waals surface area contributed by atoms with Gasteiger partial charge in [0.15, 0.2) is 6.10 Å². The van der Waals surface area contributed by atoms with Gasteiger partial charge in [-0.1, -0.05) is 241 Å². The molecule has 12 heteroatoms. The fraction of sp³-hybridized carbons (Fsp3) is 0.734. The van der Waals surface area contributed by atoms with Gasteiger partial charge in [-0.2, -0.15) is 0 Å². The van der Waals surface area contributed by atoms with Crippen molar-refractivity contribution in [2.75, 3.05) is 26.4 Å². The van der Waals surface area contributed by atoms with E-state index in [-0.39, 0.29) is 25.9 Å². The number of carbonyl (C=O) groups excluding carboxylic acids is 3. The smallest absolute Gasteiger partial charge is 0.462 e. The van der Waals surface area contributed by atoms with Gasteiger partial charge in [-0.15, -0.1) is 0 Å². The van der Waals surface area contributed by atoms with E-state index in [4.69, 9.17) is 23.3 Å². The molecule has 0 aromatic carbocycles. The van der Waals surface area contributed by atoms with Crippen LogP contribution in [-0.4, -0.2) is 66.5 Å². The van der Waals surface area contributed by atoms with Gasteiger partial charge in [0.25, 0.3) is 0 Å². The second-order valence-electron chi connectivity index (χ2n) is 20.1. The lowest BCUT2D eigenvalue weighted by Crippen LogP contribution is -2.30. The predicted molar refractivity (Wildman–Crippen MR) is 316 cm³/mol. The zero-order valence-corrected chi connectivity index (χ0v) is 49.3. The van der Waals surface area contributed by atoms with Gasteiger partial charge in [0.1, 0.15) is 12.7 Å². The predicted octanol–water partition coefficient (Wildman–Crippen LogP) is 18.3. The Morgan fingerprint density at radius 1 is 0.382 bits per heavy atom. The number of carbonyl (C=O) groups is 3. The van der Waals surface area contributed by atoms with Gasteiger partial charge in [0.05, 0.1) is 19.8 Å². The fourth-order valence-electron chi connectivity index (χ4n) is 8.25. The molecule has 0 heterocycles. The first-order valence-electron chi connectivity index (χ1n) is 30.5. The van der Waals surface area contributed by atoms with Crippen LogP contribution in [0.15, 0.2) is 85.1 Å². The second-order valence-corrected chi connectivity index (χ2v) is 21.6. The summed E-state index contributed by atoms with van der Waals surface area (Å²) in [6, 6.07) is 0. The summed E-state index contributed by atoms with van der Waals surface area (Å²) in [7, 11) is -4.76. The van der Waals surface area contributed by atoms with Crippen molar-refractivity contribution in [2.24, 2.45) is 0 Å².